The van der Waals surface area contributed by atoms with Crippen LogP contribution in [0.25, 0.3) is 0 Å². The molecule has 0 aromatic rings. The van der Waals surface area contributed by atoms with Crippen LogP contribution >= 0.6 is 24.0 Å². The summed E-state index contributed by atoms with van der Waals surface area (Å²) >= 11 is 0. The van der Waals surface area contributed by atoms with Crippen molar-refractivity contribution >= 4 is 29.9 Å². The topological polar surface area (TPSA) is 65.9 Å². The Morgan fingerprint density at radius 2 is 1.86 bits per heavy atom. The van der Waals surface area contributed by atoms with Gasteiger partial charge in [0, 0.05) is 33.4 Å². The Hall–Kier alpha value is -0.0800. The molecule has 2 saturated carbocycles. The first-order valence-electron chi connectivity index (χ1n) is 8.35. The third kappa shape index (κ3) is 5.53. The van der Waals surface area contributed by atoms with Gasteiger partial charge in [-0.2, -0.15) is 0 Å². The second-order valence-electron chi connectivity index (χ2n) is 6.72. The van der Waals surface area contributed by atoms with Crippen LogP contribution in [-0.4, -0.2) is 50.0 Å². The Labute approximate surface area is 151 Å². The number of rotatable bonds is 8. The molecule has 0 aromatic heterocycles. The molecule has 0 heterocycles. The molecule has 6 heteroatoms. The van der Waals surface area contributed by atoms with Crippen LogP contribution in [0, 0.1) is 5.41 Å². The molecule has 2 aliphatic carbocycles. The molecule has 0 saturated heterocycles. The van der Waals surface area contributed by atoms with Crippen molar-refractivity contribution in [1.82, 2.24) is 10.6 Å². The van der Waals surface area contributed by atoms with Gasteiger partial charge in [-0.05, 0) is 50.9 Å². The van der Waals surface area contributed by atoms with Gasteiger partial charge in [0.1, 0.15) is 0 Å². The van der Waals surface area contributed by atoms with E-state index in [1.165, 1.54) is 19.3 Å². The predicted octanol–water partition coefficient (Wildman–Crippen LogP) is 2.28. The van der Waals surface area contributed by atoms with Crippen LogP contribution < -0.4 is 10.6 Å². The van der Waals surface area contributed by atoms with Crippen molar-refractivity contribution in [2.75, 3.05) is 33.4 Å². The zero-order valence-corrected chi connectivity index (χ0v) is 16.3. The third-order valence-corrected chi connectivity index (χ3v) is 5.04. The first kappa shape index (κ1) is 20.0. The number of aliphatic hydroxyl groups is 1. The summed E-state index contributed by atoms with van der Waals surface area (Å²) in [6, 6.07) is 0. The Morgan fingerprint density at radius 1 is 1.18 bits per heavy atom. The summed E-state index contributed by atoms with van der Waals surface area (Å²) in [6.45, 7) is 5.18. The molecule has 0 atom stereocenters. The number of nitrogens with zero attached hydrogens (tertiary/aromatic N) is 1. The maximum atomic E-state index is 10.2. The highest BCUT2D eigenvalue weighted by molar-refractivity contribution is 14.0. The fourth-order valence-electron chi connectivity index (χ4n) is 3.08. The minimum absolute atomic E-state index is 0. The Kier molecular flexibility index (Phi) is 8.42. The fraction of sp³-hybridized carbons (Fsp3) is 0.938. The number of ether oxygens (including phenoxy) is 1. The number of halogens is 1. The van der Waals surface area contributed by atoms with E-state index >= 15 is 0 Å². The van der Waals surface area contributed by atoms with Crippen molar-refractivity contribution in [2.45, 2.75) is 57.5 Å². The molecule has 130 valence electrons. The first-order valence-corrected chi connectivity index (χ1v) is 8.35. The SMILES string of the molecule is CCNC(=NCC1(CCOC)CCC1)NCC1(O)CCC1.I. The van der Waals surface area contributed by atoms with Crippen molar-refractivity contribution in [2.24, 2.45) is 10.4 Å². The Balaban J connectivity index is 0.00000242. The van der Waals surface area contributed by atoms with Gasteiger partial charge in [0.25, 0.3) is 0 Å². The monoisotopic (exact) mass is 425 g/mol. The maximum Gasteiger partial charge on any atom is 0.191 e. The third-order valence-electron chi connectivity index (χ3n) is 5.04. The molecule has 5 nitrogen and oxygen atoms in total. The number of nitrogens with one attached hydrogen (secondary N) is 2. The van der Waals surface area contributed by atoms with Crippen LogP contribution in [0.15, 0.2) is 4.99 Å². The molecule has 22 heavy (non-hydrogen) atoms. The summed E-state index contributed by atoms with van der Waals surface area (Å²) in [6.07, 6.45) is 7.84. The minimum Gasteiger partial charge on any atom is -0.388 e. The lowest BCUT2D eigenvalue weighted by Crippen LogP contribution is -2.51. The largest absolute Gasteiger partial charge is 0.388 e. The molecule has 0 amide bonds. The fourth-order valence-corrected chi connectivity index (χ4v) is 3.08. The van der Waals surface area contributed by atoms with E-state index in [4.69, 9.17) is 9.73 Å². The molecule has 0 radical (unpaired) electrons. The molecule has 0 unspecified atom stereocenters. The number of methoxy groups -OCH3 is 1. The molecule has 2 rings (SSSR count). The first-order chi connectivity index (χ1) is 10.1. The van der Waals surface area contributed by atoms with Gasteiger partial charge in [-0.3, -0.25) is 4.99 Å². The van der Waals surface area contributed by atoms with Gasteiger partial charge in [-0.1, -0.05) is 6.42 Å². The summed E-state index contributed by atoms with van der Waals surface area (Å²) in [5.74, 6) is 0.835. The quantitative estimate of drug-likeness (QED) is 0.317. The summed E-state index contributed by atoms with van der Waals surface area (Å²) in [7, 11) is 1.76. The second kappa shape index (κ2) is 9.27. The van der Waals surface area contributed by atoms with Crippen LogP contribution in [0.5, 0.6) is 0 Å². The van der Waals surface area contributed by atoms with Crippen LogP contribution in [0.2, 0.25) is 0 Å². The highest BCUT2D eigenvalue weighted by atomic mass is 127. The van der Waals surface area contributed by atoms with Crippen molar-refractivity contribution in [3.8, 4) is 0 Å². The summed E-state index contributed by atoms with van der Waals surface area (Å²) < 4.78 is 5.23. The number of aliphatic imine (C=N–C) groups is 1. The number of hydrogen-bond acceptors (Lipinski definition) is 3. The Bertz CT molecular complexity index is 355. The molecule has 2 fully saturated rings. The lowest BCUT2D eigenvalue weighted by atomic mass is 9.67. The normalized spacial score (nSPS) is 22.0. The van der Waals surface area contributed by atoms with E-state index in [2.05, 4.69) is 17.6 Å². The molecule has 0 bridgehead atoms. The summed E-state index contributed by atoms with van der Waals surface area (Å²) in [5.41, 5.74) is -0.174. The average Bonchev–Trinajstić information content (AvgIpc) is 2.41. The molecule has 2 aliphatic rings. The molecular formula is C16H32IN3O2. The van der Waals surface area contributed by atoms with Crippen molar-refractivity contribution in [3.63, 3.8) is 0 Å². The van der Waals surface area contributed by atoms with Gasteiger partial charge in [-0.25, -0.2) is 0 Å². The number of hydrogen-bond donors (Lipinski definition) is 3. The van der Waals surface area contributed by atoms with Crippen molar-refractivity contribution < 1.29 is 9.84 Å². The van der Waals surface area contributed by atoms with E-state index in [0.29, 0.717) is 12.0 Å². The lowest BCUT2D eigenvalue weighted by molar-refractivity contribution is -0.0279. The lowest BCUT2D eigenvalue weighted by Gasteiger charge is -2.41. The van der Waals surface area contributed by atoms with E-state index in [1.54, 1.807) is 7.11 Å². The van der Waals surface area contributed by atoms with Gasteiger partial charge in [-0.15, -0.1) is 24.0 Å². The minimum atomic E-state index is -0.513. The van der Waals surface area contributed by atoms with Gasteiger partial charge in [0.2, 0.25) is 0 Å². The van der Waals surface area contributed by atoms with Gasteiger partial charge < -0.3 is 20.5 Å². The molecule has 0 aliphatic heterocycles. The van der Waals surface area contributed by atoms with Gasteiger partial charge >= 0.3 is 0 Å². The van der Waals surface area contributed by atoms with Crippen LogP contribution in [-0.2, 0) is 4.74 Å². The van der Waals surface area contributed by atoms with Crippen LogP contribution in [0.4, 0.5) is 0 Å². The number of guanidine groups is 1. The van der Waals surface area contributed by atoms with Crippen LogP contribution in [0.3, 0.4) is 0 Å². The average molecular weight is 425 g/mol. The maximum absolute atomic E-state index is 10.2. The highest BCUT2D eigenvalue weighted by Crippen LogP contribution is 2.44. The predicted molar refractivity (Wildman–Crippen MR) is 101 cm³/mol. The van der Waals surface area contributed by atoms with E-state index in [1.807, 2.05) is 0 Å². The van der Waals surface area contributed by atoms with Crippen molar-refractivity contribution in [1.29, 1.82) is 0 Å². The zero-order valence-electron chi connectivity index (χ0n) is 14.0. The molecule has 0 spiro atoms. The molecule has 3 N–H and O–H groups in total. The van der Waals surface area contributed by atoms with E-state index in [0.717, 1.165) is 51.3 Å². The van der Waals surface area contributed by atoms with Gasteiger partial charge in [0.05, 0.1) is 5.60 Å². The van der Waals surface area contributed by atoms with Gasteiger partial charge in [0.15, 0.2) is 5.96 Å². The zero-order chi connectivity index (χ0) is 15.2. The Morgan fingerprint density at radius 3 is 2.32 bits per heavy atom. The smallest absolute Gasteiger partial charge is 0.191 e. The summed E-state index contributed by atoms with van der Waals surface area (Å²) in [5, 5.41) is 16.7. The highest BCUT2D eigenvalue weighted by Gasteiger charge is 2.37. The van der Waals surface area contributed by atoms with E-state index in [9.17, 15) is 5.11 Å². The standard InChI is InChI=1S/C16H31N3O2.HI/c1-3-17-14(19-13-16(20)8-5-9-16)18-12-15(6-4-7-15)10-11-21-2;/h20H,3-13H2,1-2H3,(H2,17,18,19);1H. The van der Waals surface area contributed by atoms with Crippen molar-refractivity contribution in [3.05, 3.63) is 0 Å². The van der Waals surface area contributed by atoms with Crippen LogP contribution in [0.1, 0.15) is 51.9 Å². The summed E-state index contributed by atoms with van der Waals surface area (Å²) in [4.78, 5) is 4.75. The molecular weight excluding hydrogens is 393 g/mol. The second-order valence-corrected chi connectivity index (χ2v) is 6.72. The van der Waals surface area contributed by atoms with E-state index in [-0.39, 0.29) is 24.0 Å². The molecule has 0 aromatic carbocycles. The van der Waals surface area contributed by atoms with E-state index < -0.39 is 5.60 Å².